The number of pyridine rings is 1. The molecule has 0 radical (unpaired) electrons. The lowest BCUT2D eigenvalue weighted by atomic mass is 10.00. The lowest BCUT2D eigenvalue weighted by molar-refractivity contribution is 0.102. The van der Waals surface area contributed by atoms with Crippen molar-refractivity contribution in [1.82, 2.24) is 4.98 Å². The lowest BCUT2D eigenvalue weighted by Crippen LogP contribution is -2.12. The predicted octanol–water partition coefficient (Wildman–Crippen LogP) is 5.39. The Kier molecular flexibility index (Phi) is 4.67. The molecule has 0 bridgehead atoms. The molecule has 132 valence electrons. The van der Waals surface area contributed by atoms with Crippen LogP contribution in [0.15, 0.2) is 85.2 Å². The van der Waals surface area contributed by atoms with Crippen molar-refractivity contribution in [3.8, 4) is 0 Å². The standard InChI is InChI=1S/C24H20N2O/c1-17-6-11-23(22-5-3-2-4-21(17)22)24(27)26-20-9-7-18(8-10-20)16-19-12-14-25-15-13-19/h2-15H,16H2,1H3,(H,26,27). The number of nitrogens with zero attached hydrogens (tertiary/aromatic N) is 1. The molecule has 0 aliphatic heterocycles. The average Bonchev–Trinajstić information content (AvgIpc) is 2.71. The number of anilines is 1. The molecule has 1 N–H and O–H groups in total. The van der Waals surface area contributed by atoms with Crippen LogP contribution in [0.25, 0.3) is 10.8 Å². The van der Waals surface area contributed by atoms with Crippen LogP contribution in [0.3, 0.4) is 0 Å². The van der Waals surface area contributed by atoms with Gasteiger partial charge in [-0.15, -0.1) is 0 Å². The zero-order chi connectivity index (χ0) is 18.6. The molecular weight excluding hydrogens is 332 g/mol. The van der Waals surface area contributed by atoms with Crippen molar-refractivity contribution in [2.24, 2.45) is 0 Å². The van der Waals surface area contributed by atoms with E-state index in [-0.39, 0.29) is 5.91 Å². The molecule has 0 fully saturated rings. The summed E-state index contributed by atoms with van der Waals surface area (Å²) in [5.74, 6) is -0.0897. The number of amides is 1. The van der Waals surface area contributed by atoms with E-state index in [0.717, 1.165) is 22.9 Å². The van der Waals surface area contributed by atoms with E-state index >= 15 is 0 Å². The van der Waals surface area contributed by atoms with E-state index in [1.165, 1.54) is 16.7 Å². The van der Waals surface area contributed by atoms with E-state index < -0.39 is 0 Å². The fourth-order valence-corrected chi connectivity index (χ4v) is 3.29. The third kappa shape index (κ3) is 3.72. The summed E-state index contributed by atoms with van der Waals surface area (Å²) in [6.45, 7) is 2.06. The third-order valence-corrected chi connectivity index (χ3v) is 4.76. The van der Waals surface area contributed by atoms with Crippen molar-refractivity contribution in [1.29, 1.82) is 0 Å². The Hall–Kier alpha value is -3.46. The van der Waals surface area contributed by atoms with Crippen LogP contribution in [0.2, 0.25) is 0 Å². The van der Waals surface area contributed by atoms with E-state index in [4.69, 9.17) is 0 Å². The van der Waals surface area contributed by atoms with Crippen LogP contribution in [0, 0.1) is 6.92 Å². The van der Waals surface area contributed by atoms with Gasteiger partial charge in [0.05, 0.1) is 0 Å². The van der Waals surface area contributed by atoms with Crippen molar-refractivity contribution < 1.29 is 4.79 Å². The summed E-state index contributed by atoms with van der Waals surface area (Å²) in [6, 6.07) is 23.9. The van der Waals surface area contributed by atoms with Crippen LogP contribution in [0.1, 0.15) is 27.0 Å². The van der Waals surface area contributed by atoms with Crippen LogP contribution in [-0.4, -0.2) is 10.9 Å². The first kappa shape index (κ1) is 17.0. The number of benzene rings is 3. The van der Waals surface area contributed by atoms with Crippen LogP contribution in [-0.2, 0) is 6.42 Å². The number of carbonyl (C=O) groups excluding carboxylic acids is 1. The minimum Gasteiger partial charge on any atom is -0.322 e. The molecule has 0 aliphatic carbocycles. The Morgan fingerprint density at radius 3 is 2.22 bits per heavy atom. The number of aromatic nitrogens is 1. The molecule has 0 spiro atoms. The Balaban J connectivity index is 1.53. The first-order valence-corrected chi connectivity index (χ1v) is 8.98. The minimum atomic E-state index is -0.0897. The Morgan fingerprint density at radius 2 is 1.48 bits per heavy atom. The highest BCUT2D eigenvalue weighted by atomic mass is 16.1. The molecular formula is C24H20N2O. The van der Waals surface area contributed by atoms with Gasteiger partial charge in [-0.3, -0.25) is 9.78 Å². The molecule has 27 heavy (non-hydrogen) atoms. The quantitative estimate of drug-likeness (QED) is 0.535. The van der Waals surface area contributed by atoms with E-state index in [9.17, 15) is 4.79 Å². The number of fused-ring (bicyclic) bond motifs is 1. The summed E-state index contributed by atoms with van der Waals surface area (Å²) < 4.78 is 0. The van der Waals surface area contributed by atoms with Gasteiger partial charge in [-0.2, -0.15) is 0 Å². The van der Waals surface area contributed by atoms with Crippen molar-refractivity contribution in [3.63, 3.8) is 0 Å². The van der Waals surface area contributed by atoms with Crippen molar-refractivity contribution in [3.05, 3.63) is 107 Å². The van der Waals surface area contributed by atoms with Gasteiger partial charge in [0.1, 0.15) is 0 Å². The van der Waals surface area contributed by atoms with E-state index in [2.05, 4.69) is 23.3 Å². The molecule has 0 saturated carbocycles. The van der Waals surface area contributed by atoms with E-state index in [0.29, 0.717) is 5.56 Å². The van der Waals surface area contributed by atoms with E-state index in [1.54, 1.807) is 12.4 Å². The summed E-state index contributed by atoms with van der Waals surface area (Å²) in [7, 11) is 0. The summed E-state index contributed by atoms with van der Waals surface area (Å²) in [4.78, 5) is 16.8. The second-order valence-electron chi connectivity index (χ2n) is 6.66. The number of hydrogen-bond acceptors (Lipinski definition) is 2. The molecule has 1 heterocycles. The molecule has 0 atom stereocenters. The maximum absolute atomic E-state index is 12.8. The average molecular weight is 352 g/mol. The van der Waals surface area contributed by atoms with Crippen LogP contribution < -0.4 is 5.32 Å². The van der Waals surface area contributed by atoms with Crippen LogP contribution in [0.5, 0.6) is 0 Å². The Morgan fingerprint density at radius 1 is 0.815 bits per heavy atom. The Labute approximate surface area is 158 Å². The molecule has 0 aliphatic rings. The van der Waals surface area contributed by atoms with Gasteiger partial charge in [-0.25, -0.2) is 0 Å². The minimum absolute atomic E-state index is 0.0897. The Bertz CT molecular complexity index is 1090. The summed E-state index contributed by atoms with van der Waals surface area (Å²) >= 11 is 0. The molecule has 4 aromatic rings. The van der Waals surface area contributed by atoms with Crippen molar-refractivity contribution in [2.75, 3.05) is 5.32 Å². The first-order valence-electron chi connectivity index (χ1n) is 8.98. The summed E-state index contributed by atoms with van der Waals surface area (Å²) in [6.07, 6.45) is 4.45. The number of nitrogens with one attached hydrogen (secondary N) is 1. The SMILES string of the molecule is Cc1ccc(C(=O)Nc2ccc(Cc3ccncc3)cc2)c2ccccc12. The normalized spacial score (nSPS) is 10.7. The highest BCUT2D eigenvalue weighted by Gasteiger charge is 2.11. The highest BCUT2D eigenvalue weighted by Crippen LogP contribution is 2.23. The van der Waals surface area contributed by atoms with Crippen LogP contribution >= 0.6 is 0 Å². The largest absolute Gasteiger partial charge is 0.322 e. The molecule has 1 amide bonds. The van der Waals surface area contributed by atoms with E-state index in [1.807, 2.05) is 66.7 Å². The van der Waals surface area contributed by atoms with Gasteiger partial charge in [0.25, 0.3) is 5.91 Å². The van der Waals surface area contributed by atoms with Gasteiger partial charge in [0.15, 0.2) is 0 Å². The molecule has 3 nitrogen and oxygen atoms in total. The fourth-order valence-electron chi connectivity index (χ4n) is 3.29. The molecule has 0 unspecified atom stereocenters. The molecule has 3 heteroatoms. The van der Waals surface area contributed by atoms with Crippen molar-refractivity contribution >= 4 is 22.4 Å². The van der Waals surface area contributed by atoms with Gasteiger partial charge in [0.2, 0.25) is 0 Å². The molecule has 3 aromatic carbocycles. The number of rotatable bonds is 4. The molecule has 4 rings (SSSR count). The second kappa shape index (κ2) is 7.42. The van der Waals surface area contributed by atoms with Gasteiger partial charge in [-0.05, 0) is 71.1 Å². The zero-order valence-corrected chi connectivity index (χ0v) is 15.1. The summed E-state index contributed by atoms with van der Waals surface area (Å²) in [5, 5.41) is 5.10. The fraction of sp³-hybridized carbons (Fsp3) is 0.0833. The van der Waals surface area contributed by atoms with Gasteiger partial charge in [-0.1, -0.05) is 42.5 Å². The third-order valence-electron chi connectivity index (χ3n) is 4.76. The van der Waals surface area contributed by atoms with Gasteiger partial charge < -0.3 is 5.32 Å². The maximum atomic E-state index is 12.8. The first-order chi connectivity index (χ1) is 13.2. The van der Waals surface area contributed by atoms with Crippen molar-refractivity contribution in [2.45, 2.75) is 13.3 Å². The maximum Gasteiger partial charge on any atom is 0.256 e. The second-order valence-corrected chi connectivity index (χ2v) is 6.66. The number of carbonyl (C=O) groups is 1. The molecule has 1 aromatic heterocycles. The molecule has 0 saturated heterocycles. The monoisotopic (exact) mass is 352 g/mol. The number of aryl methyl sites for hydroxylation is 1. The van der Waals surface area contributed by atoms with Gasteiger partial charge >= 0.3 is 0 Å². The summed E-state index contributed by atoms with van der Waals surface area (Å²) in [5.41, 5.74) is 5.07. The lowest BCUT2D eigenvalue weighted by Gasteiger charge is -2.10. The number of hydrogen-bond donors (Lipinski definition) is 1. The zero-order valence-electron chi connectivity index (χ0n) is 15.1. The van der Waals surface area contributed by atoms with Gasteiger partial charge in [0, 0.05) is 23.6 Å². The smallest absolute Gasteiger partial charge is 0.256 e. The topological polar surface area (TPSA) is 42.0 Å². The highest BCUT2D eigenvalue weighted by molar-refractivity contribution is 6.13. The predicted molar refractivity (Wildman–Crippen MR) is 110 cm³/mol. The van der Waals surface area contributed by atoms with Crippen LogP contribution in [0.4, 0.5) is 5.69 Å².